The Hall–Kier alpha value is -1.08. The van der Waals surface area contributed by atoms with Gasteiger partial charge in [-0.05, 0) is 18.6 Å². The van der Waals surface area contributed by atoms with Gasteiger partial charge in [0.1, 0.15) is 0 Å². The molecule has 19 heavy (non-hydrogen) atoms. The van der Waals surface area contributed by atoms with Gasteiger partial charge in [-0.3, -0.25) is 4.57 Å². The highest BCUT2D eigenvalue weighted by Gasteiger charge is 2.14. The first kappa shape index (κ1) is 16.0. The fraction of sp³-hybridized carbons (Fsp3) is 0.333. The average Bonchev–Trinajstić information content (AvgIpc) is 2.79. The average molecular weight is 301 g/mol. The standard InChI is InChI=1S/C12H16N4OS.ClH/c1-9-4-2-3-5-10(9)16-11(8-13)14-15-12(16)18-7-6-17;/h2-5,17H,6-8,13H2,1H3;1H. The third-order valence-electron chi connectivity index (χ3n) is 2.56. The van der Waals surface area contributed by atoms with Crippen LogP contribution in [0.1, 0.15) is 11.4 Å². The van der Waals surface area contributed by atoms with E-state index in [1.165, 1.54) is 11.8 Å². The fourth-order valence-corrected chi connectivity index (χ4v) is 2.42. The smallest absolute Gasteiger partial charge is 0.195 e. The first-order chi connectivity index (χ1) is 8.77. The highest BCUT2D eigenvalue weighted by molar-refractivity contribution is 7.99. The van der Waals surface area contributed by atoms with Gasteiger partial charge in [-0.25, -0.2) is 0 Å². The molecule has 1 aromatic heterocycles. The Bertz CT molecular complexity index is 532. The van der Waals surface area contributed by atoms with Gasteiger partial charge in [0, 0.05) is 5.75 Å². The number of aliphatic hydroxyl groups is 1. The number of nitrogens with zero attached hydrogens (tertiary/aromatic N) is 3. The van der Waals surface area contributed by atoms with Crippen LogP contribution in [0.3, 0.4) is 0 Å². The van der Waals surface area contributed by atoms with Gasteiger partial charge in [-0.15, -0.1) is 22.6 Å². The Morgan fingerprint density at radius 2 is 2.05 bits per heavy atom. The molecule has 2 rings (SSSR count). The minimum absolute atomic E-state index is 0. The van der Waals surface area contributed by atoms with Crippen LogP contribution < -0.4 is 5.73 Å². The molecule has 1 aromatic carbocycles. The number of rotatable bonds is 5. The van der Waals surface area contributed by atoms with Crippen molar-refractivity contribution < 1.29 is 5.11 Å². The van der Waals surface area contributed by atoms with Crippen LogP contribution >= 0.6 is 24.2 Å². The van der Waals surface area contributed by atoms with Gasteiger partial charge in [-0.1, -0.05) is 30.0 Å². The van der Waals surface area contributed by atoms with Gasteiger partial charge in [-0.2, -0.15) is 0 Å². The van der Waals surface area contributed by atoms with Crippen molar-refractivity contribution in [3.63, 3.8) is 0 Å². The Morgan fingerprint density at radius 1 is 1.32 bits per heavy atom. The van der Waals surface area contributed by atoms with Crippen LogP contribution in [-0.4, -0.2) is 32.2 Å². The van der Waals surface area contributed by atoms with E-state index in [9.17, 15) is 0 Å². The SMILES string of the molecule is Cc1ccccc1-n1c(CN)nnc1SCCO.Cl. The highest BCUT2D eigenvalue weighted by Crippen LogP contribution is 2.23. The zero-order valence-corrected chi connectivity index (χ0v) is 12.2. The number of aromatic nitrogens is 3. The number of nitrogens with two attached hydrogens (primary N) is 1. The maximum Gasteiger partial charge on any atom is 0.195 e. The van der Waals surface area contributed by atoms with E-state index in [2.05, 4.69) is 10.2 Å². The molecule has 0 aliphatic rings. The number of hydrogen-bond donors (Lipinski definition) is 2. The zero-order valence-electron chi connectivity index (χ0n) is 10.6. The maximum absolute atomic E-state index is 8.90. The van der Waals surface area contributed by atoms with Crippen LogP contribution in [0.2, 0.25) is 0 Å². The second kappa shape index (κ2) is 7.49. The fourth-order valence-electron chi connectivity index (χ4n) is 1.72. The molecule has 0 fully saturated rings. The number of hydrogen-bond acceptors (Lipinski definition) is 5. The summed E-state index contributed by atoms with van der Waals surface area (Å²) in [5.41, 5.74) is 7.87. The number of para-hydroxylation sites is 1. The molecule has 0 unspecified atom stereocenters. The molecule has 0 saturated carbocycles. The predicted molar refractivity (Wildman–Crippen MR) is 79.0 cm³/mol. The van der Waals surface area contributed by atoms with E-state index in [0.29, 0.717) is 12.3 Å². The van der Waals surface area contributed by atoms with Crippen LogP contribution in [0.15, 0.2) is 29.4 Å². The summed E-state index contributed by atoms with van der Waals surface area (Å²) < 4.78 is 1.95. The van der Waals surface area contributed by atoms with Crippen LogP contribution in [0, 0.1) is 6.92 Å². The van der Waals surface area contributed by atoms with E-state index >= 15 is 0 Å². The van der Waals surface area contributed by atoms with Crippen LogP contribution in [0.5, 0.6) is 0 Å². The number of thioether (sulfide) groups is 1. The first-order valence-corrected chi connectivity index (χ1v) is 6.70. The second-order valence-electron chi connectivity index (χ2n) is 3.80. The van der Waals surface area contributed by atoms with Gasteiger partial charge in [0.05, 0.1) is 18.8 Å². The molecule has 2 aromatic rings. The summed E-state index contributed by atoms with van der Waals surface area (Å²) in [4.78, 5) is 0. The van der Waals surface area contributed by atoms with E-state index < -0.39 is 0 Å². The van der Waals surface area contributed by atoms with Gasteiger partial charge in [0.2, 0.25) is 0 Å². The summed E-state index contributed by atoms with van der Waals surface area (Å²) in [5.74, 6) is 1.32. The van der Waals surface area contributed by atoms with Gasteiger partial charge >= 0.3 is 0 Å². The van der Waals surface area contributed by atoms with Crippen molar-refractivity contribution >= 4 is 24.2 Å². The summed E-state index contributed by atoms with van der Waals surface area (Å²) >= 11 is 1.47. The Balaban J connectivity index is 0.00000180. The Labute approximate surface area is 122 Å². The van der Waals surface area contributed by atoms with Crippen molar-refractivity contribution in [2.45, 2.75) is 18.6 Å². The van der Waals surface area contributed by atoms with Crippen molar-refractivity contribution in [1.82, 2.24) is 14.8 Å². The Morgan fingerprint density at radius 3 is 2.68 bits per heavy atom. The maximum atomic E-state index is 8.90. The summed E-state index contributed by atoms with van der Waals surface area (Å²) in [6.45, 7) is 2.49. The molecule has 0 saturated heterocycles. The normalized spacial score (nSPS) is 10.3. The minimum atomic E-state index is 0. The van der Waals surface area contributed by atoms with E-state index in [1.54, 1.807) is 0 Å². The molecular formula is C12H17ClN4OS. The molecule has 7 heteroatoms. The molecule has 0 bridgehead atoms. The van der Waals surface area contributed by atoms with Crippen LogP contribution in [-0.2, 0) is 6.54 Å². The number of benzene rings is 1. The minimum Gasteiger partial charge on any atom is -0.396 e. The number of aryl methyl sites for hydroxylation is 1. The Kier molecular flexibility index (Phi) is 6.30. The van der Waals surface area contributed by atoms with Gasteiger partial charge < -0.3 is 10.8 Å². The molecular weight excluding hydrogens is 284 g/mol. The second-order valence-corrected chi connectivity index (χ2v) is 4.86. The lowest BCUT2D eigenvalue weighted by Gasteiger charge is -2.11. The third-order valence-corrected chi connectivity index (χ3v) is 3.47. The number of aliphatic hydroxyl groups excluding tert-OH is 1. The molecule has 0 atom stereocenters. The molecule has 1 heterocycles. The van der Waals surface area contributed by atoms with Crippen molar-refractivity contribution in [2.75, 3.05) is 12.4 Å². The summed E-state index contributed by atoms with van der Waals surface area (Å²) in [6.07, 6.45) is 0. The van der Waals surface area contributed by atoms with E-state index in [-0.39, 0.29) is 19.0 Å². The topological polar surface area (TPSA) is 77.0 Å². The molecule has 0 aliphatic heterocycles. The van der Waals surface area contributed by atoms with Crippen LogP contribution in [0.25, 0.3) is 5.69 Å². The quantitative estimate of drug-likeness (QED) is 0.819. The predicted octanol–water partition coefficient (Wildman–Crippen LogP) is 1.54. The van der Waals surface area contributed by atoms with Crippen molar-refractivity contribution in [1.29, 1.82) is 0 Å². The molecule has 0 amide bonds. The van der Waals surface area contributed by atoms with Crippen molar-refractivity contribution in [3.8, 4) is 5.69 Å². The molecule has 5 nitrogen and oxygen atoms in total. The highest BCUT2D eigenvalue weighted by atomic mass is 35.5. The zero-order chi connectivity index (χ0) is 13.0. The molecule has 104 valence electrons. The van der Waals surface area contributed by atoms with E-state index in [4.69, 9.17) is 10.8 Å². The lowest BCUT2D eigenvalue weighted by atomic mass is 10.2. The first-order valence-electron chi connectivity index (χ1n) is 5.72. The largest absolute Gasteiger partial charge is 0.396 e. The monoisotopic (exact) mass is 300 g/mol. The summed E-state index contributed by atoms with van der Waals surface area (Å²) in [7, 11) is 0. The molecule has 0 spiro atoms. The van der Waals surface area contributed by atoms with Gasteiger partial charge in [0.15, 0.2) is 11.0 Å². The molecule has 0 aliphatic carbocycles. The van der Waals surface area contributed by atoms with E-state index in [1.807, 2.05) is 35.8 Å². The van der Waals surface area contributed by atoms with Crippen molar-refractivity contribution in [2.24, 2.45) is 5.73 Å². The lowest BCUT2D eigenvalue weighted by Crippen LogP contribution is -2.09. The van der Waals surface area contributed by atoms with Gasteiger partial charge in [0.25, 0.3) is 0 Å². The summed E-state index contributed by atoms with van der Waals surface area (Å²) in [5, 5.41) is 17.9. The number of halogens is 1. The third kappa shape index (κ3) is 3.48. The van der Waals surface area contributed by atoms with Crippen molar-refractivity contribution in [3.05, 3.63) is 35.7 Å². The lowest BCUT2D eigenvalue weighted by molar-refractivity contribution is 0.322. The molecule has 3 N–H and O–H groups in total. The van der Waals surface area contributed by atoms with E-state index in [0.717, 1.165) is 22.2 Å². The van der Waals surface area contributed by atoms with Crippen LogP contribution in [0.4, 0.5) is 0 Å². The molecule has 0 radical (unpaired) electrons. The summed E-state index contributed by atoms with van der Waals surface area (Å²) in [6, 6.07) is 8.02.